The number of unbranched alkanes of at least 4 members (excludes halogenated alkanes) is 1. The molecule has 0 aliphatic rings. The molecule has 1 amide bonds. The molecule has 0 spiro atoms. The number of amides is 1. The molecule has 39 heavy (non-hydrogen) atoms. The van der Waals surface area contributed by atoms with E-state index in [0.29, 0.717) is 66.0 Å². The number of aryl methyl sites for hydroxylation is 5. The van der Waals surface area contributed by atoms with E-state index in [1.54, 1.807) is 52.2 Å². The van der Waals surface area contributed by atoms with E-state index >= 15 is 0 Å². The molecule has 0 aliphatic heterocycles. The van der Waals surface area contributed by atoms with Crippen LogP contribution in [-0.2, 0) is 17.9 Å². The Bertz CT molecular complexity index is 1210. The molecule has 0 fully saturated rings. The van der Waals surface area contributed by atoms with Crippen molar-refractivity contribution < 1.29 is 23.2 Å². The number of hydrogen-bond donors (Lipinski definition) is 3. The van der Waals surface area contributed by atoms with Gasteiger partial charge in [0.05, 0.1) is 0 Å². The molecule has 0 aromatic heterocycles. The molecule has 0 saturated heterocycles. The van der Waals surface area contributed by atoms with Crippen LogP contribution in [0.15, 0.2) is 42.5 Å². The van der Waals surface area contributed by atoms with E-state index in [9.17, 15) is 23.2 Å². The van der Waals surface area contributed by atoms with Crippen molar-refractivity contribution in [2.75, 3.05) is 11.9 Å². The summed E-state index contributed by atoms with van der Waals surface area (Å²) >= 11 is 0. The van der Waals surface area contributed by atoms with Gasteiger partial charge in [-0.1, -0.05) is 24.3 Å². The van der Waals surface area contributed by atoms with Gasteiger partial charge in [-0.2, -0.15) is 0 Å². The van der Waals surface area contributed by atoms with Gasteiger partial charge >= 0.3 is 0 Å². The molecule has 8 heteroatoms. The topological polar surface area (TPSA) is 64.6 Å². The molecule has 0 unspecified atom stereocenters. The summed E-state index contributed by atoms with van der Waals surface area (Å²) < 4.78 is 42.1. The van der Waals surface area contributed by atoms with Crippen molar-refractivity contribution in [1.82, 2.24) is 10.4 Å². The van der Waals surface area contributed by atoms with Gasteiger partial charge in [0.25, 0.3) is 5.91 Å². The maximum absolute atomic E-state index is 14.2. The van der Waals surface area contributed by atoms with Crippen molar-refractivity contribution in [1.29, 1.82) is 0 Å². The van der Waals surface area contributed by atoms with Crippen LogP contribution in [0.4, 0.5) is 18.9 Å². The van der Waals surface area contributed by atoms with Crippen LogP contribution in [0.5, 0.6) is 0 Å². The predicted molar refractivity (Wildman–Crippen MR) is 148 cm³/mol. The zero-order chi connectivity index (χ0) is 28.7. The van der Waals surface area contributed by atoms with Crippen molar-refractivity contribution in [3.63, 3.8) is 0 Å². The minimum Gasteiger partial charge on any atom is -0.374 e. The third-order valence-electron chi connectivity index (χ3n) is 6.95. The summed E-state index contributed by atoms with van der Waals surface area (Å²) in [5.41, 5.74) is 7.12. The summed E-state index contributed by atoms with van der Waals surface area (Å²) in [4.78, 5) is 14.5. The quantitative estimate of drug-likeness (QED) is 0.134. The van der Waals surface area contributed by atoms with Crippen LogP contribution in [0.25, 0.3) is 0 Å². The largest absolute Gasteiger partial charge is 0.374 e. The van der Waals surface area contributed by atoms with Crippen molar-refractivity contribution >= 4 is 11.6 Å². The summed E-state index contributed by atoms with van der Waals surface area (Å²) in [6.07, 6.45) is 1.86. The highest BCUT2D eigenvalue weighted by molar-refractivity contribution is 5.83. The average molecular weight is 542 g/mol. The van der Waals surface area contributed by atoms with Gasteiger partial charge in [-0.05, 0) is 118 Å². The molecular formula is C31H38F3N3O2. The van der Waals surface area contributed by atoms with E-state index in [0.717, 1.165) is 17.5 Å². The molecule has 0 heterocycles. The molecule has 0 saturated carbocycles. The van der Waals surface area contributed by atoms with E-state index < -0.39 is 11.9 Å². The number of benzene rings is 3. The van der Waals surface area contributed by atoms with Gasteiger partial charge in [-0.15, -0.1) is 0 Å². The fraction of sp³-hybridized carbons (Fsp3) is 0.387. The van der Waals surface area contributed by atoms with Crippen LogP contribution in [0, 0.1) is 52.1 Å². The van der Waals surface area contributed by atoms with Crippen molar-refractivity contribution in [2.24, 2.45) is 0 Å². The number of rotatable bonds is 12. The van der Waals surface area contributed by atoms with Gasteiger partial charge in [0, 0.05) is 18.8 Å². The first kappa shape index (κ1) is 30.2. The normalized spacial score (nSPS) is 12.1. The first-order valence-corrected chi connectivity index (χ1v) is 13.2. The van der Waals surface area contributed by atoms with Gasteiger partial charge in [-0.25, -0.2) is 18.7 Å². The maximum Gasteiger partial charge on any atom is 0.265 e. The van der Waals surface area contributed by atoms with Crippen LogP contribution in [0.1, 0.15) is 58.2 Å². The highest BCUT2D eigenvalue weighted by Gasteiger charge is 2.19. The van der Waals surface area contributed by atoms with Gasteiger partial charge in [0.15, 0.2) is 0 Å². The predicted octanol–water partition coefficient (Wildman–Crippen LogP) is 6.80. The molecule has 3 N–H and O–H groups in total. The first-order valence-electron chi connectivity index (χ1n) is 13.2. The van der Waals surface area contributed by atoms with Crippen LogP contribution in [0.3, 0.4) is 0 Å². The molecular weight excluding hydrogens is 503 g/mol. The Morgan fingerprint density at radius 1 is 0.795 bits per heavy atom. The van der Waals surface area contributed by atoms with E-state index in [1.165, 1.54) is 6.07 Å². The fourth-order valence-electron chi connectivity index (χ4n) is 4.95. The zero-order valence-electron chi connectivity index (χ0n) is 23.3. The standard InChI is InChI=1S/C31H38F3N3O2/c1-19-16-26(9-10-27(19)32)35-28(31(38)36-39)8-6-7-11-37(17-24-12-20(2)29(33)21(3)13-24)18-25-14-22(4)30(34)23(5)15-25/h9-10,12-16,28,35,39H,6-8,11,17-18H2,1-5H3,(H,36,38)/t28-/m1/s1. The van der Waals surface area contributed by atoms with Gasteiger partial charge in [0.1, 0.15) is 23.5 Å². The van der Waals surface area contributed by atoms with Gasteiger partial charge < -0.3 is 5.32 Å². The number of carbonyl (C=O) groups is 1. The summed E-state index contributed by atoms with van der Waals surface area (Å²) in [5.74, 6) is -1.30. The zero-order valence-corrected chi connectivity index (χ0v) is 23.3. The summed E-state index contributed by atoms with van der Waals surface area (Å²) in [6.45, 7) is 10.5. The fourth-order valence-corrected chi connectivity index (χ4v) is 4.95. The van der Waals surface area contributed by atoms with E-state index in [1.807, 2.05) is 24.3 Å². The lowest BCUT2D eigenvalue weighted by Crippen LogP contribution is -2.38. The number of nitrogens with zero attached hydrogens (tertiary/aromatic N) is 1. The minimum absolute atomic E-state index is 0.202. The summed E-state index contributed by atoms with van der Waals surface area (Å²) in [6, 6.07) is 11.2. The molecule has 3 rings (SSSR count). The minimum atomic E-state index is -0.696. The number of nitrogens with one attached hydrogen (secondary N) is 2. The lowest BCUT2D eigenvalue weighted by atomic mass is 10.0. The summed E-state index contributed by atoms with van der Waals surface area (Å²) in [7, 11) is 0. The molecule has 210 valence electrons. The van der Waals surface area contributed by atoms with Crippen molar-refractivity contribution in [3.8, 4) is 0 Å². The number of hydroxylamine groups is 1. The van der Waals surface area contributed by atoms with E-state index in [2.05, 4.69) is 10.2 Å². The molecule has 5 nitrogen and oxygen atoms in total. The Hall–Kier alpha value is -3.36. The number of anilines is 1. The van der Waals surface area contributed by atoms with Crippen LogP contribution >= 0.6 is 0 Å². The lowest BCUT2D eigenvalue weighted by Gasteiger charge is -2.24. The monoisotopic (exact) mass is 541 g/mol. The van der Waals surface area contributed by atoms with Crippen molar-refractivity contribution in [3.05, 3.63) is 98.9 Å². The maximum atomic E-state index is 14.2. The number of halogens is 3. The van der Waals surface area contributed by atoms with Gasteiger partial charge in [0.2, 0.25) is 0 Å². The van der Waals surface area contributed by atoms with Crippen molar-refractivity contribution in [2.45, 2.75) is 73.0 Å². The Morgan fingerprint density at radius 3 is 1.77 bits per heavy atom. The molecule has 0 aliphatic carbocycles. The Morgan fingerprint density at radius 2 is 1.31 bits per heavy atom. The third-order valence-corrected chi connectivity index (χ3v) is 6.95. The molecule has 1 atom stereocenters. The second-order valence-corrected chi connectivity index (χ2v) is 10.4. The summed E-state index contributed by atoms with van der Waals surface area (Å²) in [5, 5.41) is 12.3. The lowest BCUT2D eigenvalue weighted by molar-refractivity contribution is -0.130. The second-order valence-electron chi connectivity index (χ2n) is 10.4. The number of hydrogen-bond acceptors (Lipinski definition) is 4. The molecule has 0 radical (unpaired) electrons. The highest BCUT2D eigenvalue weighted by atomic mass is 19.1. The Labute approximate surface area is 229 Å². The van der Waals surface area contributed by atoms with Crippen LogP contribution in [-0.4, -0.2) is 28.6 Å². The second kappa shape index (κ2) is 13.6. The molecule has 3 aromatic rings. The number of carbonyl (C=O) groups excluding carboxylic acids is 1. The average Bonchev–Trinajstić information content (AvgIpc) is 2.89. The third kappa shape index (κ3) is 8.31. The van der Waals surface area contributed by atoms with E-state index in [-0.39, 0.29) is 17.5 Å². The smallest absolute Gasteiger partial charge is 0.265 e. The molecule has 3 aromatic carbocycles. The SMILES string of the molecule is Cc1cc(N[C@H](CCCCN(Cc2cc(C)c(F)c(C)c2)Cc2cc(C)c(F)c(C)c2)C(=O)NO)ccc1F. The first-order chi connectivity index (χ1) is 18.5. The Balaban J connectivity index is 1.70. The van der Waals surface area contributed by atoms with Crippen LogP contribution in [0.2, 0.25) is 0 Å². The van der Waals surface area contributed by atoms with Crippen LogP contribution < -0.4 is 10.8 Å². The van der Waals surface area contributed by atoms with E-state index in [4.69, 9.17) is 0 Å². The van der Waals surface area contributed by atoms with Gasteiger partial charge in [-0.3, -0.25) is 14.9 Å². The highest BCUT2D eigenvalue weighted by Crippen LogP contribution is 2.21. The Kier molecular flexibility index (Phi) is 10.5. The molecule has 0 bridgehead atoms.